The first kappa shape index (κ1) is 29.0. The van der Waals surface area contributed by atoms with Crippen molar-refractivity contribution < 1.29 is 45.0 Å². The van der Waals surface area contributed by atoms with Gasteiger partial charge in [0.2, 0.25) is 11.5 Å². The van der Waals surface area contributed by atoms with Crippen LogP contribution in [0.5, 0.6) is 5.75 Å². The Labute approximate surface area is 217 Å². The van der Waals surface area contributed by atoms with E-state index in [0.29, 0.717) is 13.8 Å². The summed E-state index contributed by atoms with van der Waals surface area (Å²) < 4.78 is 91.4. The molecule has 0 aromatic heterocycles. The molecule has 2 aromatic carbocycles. The van der Waals surface area contributed by atoms with Crippen molar-refractivity contribution in [3.05, 3.63) is 48.3 Å². The number of carbonyl (C=O) groups is 2. The number of alkyl halides is 3. The van der Waals surface area contributed by atoms with Gasteiger partial charge in [-0.25, -0.2) is 17.6 Å². The van der Waals surface area contributed by atoms with Gasteiger partial charge in [0.25, 0.3) is 10.0 Å². The Morgan fingerprint density at radius 1 is 1.05 bits per heavy atom. The summed E-state index contributed by atoms with van der Waals surface area (Å²) in [5, 5.41) is 4.87. The molecule has 1 heterocycles. The molecule has 1 aliphatic rings. The van der Waals surface area contributed by atoms with E-state index in [0.717, 1.165) is 28.6 Å². The van der Waals surface area contributed by atoms with E-state index >= 15 is 0 Å². The van der Waals surface area contributed by atoms with Crippen molar-refractivity contribution in [1.29, 1.82) is 0 Å². The maximum atomic E-state index is 13.6. The monoisotopic (exact) mass is 561 g/mol. The lowest BCUT2D eigenvalue weighted by Crippen LogP contribution is -2.60. The first-order valence-electron chi connectivity index (χ1n) is 11.3. The summed E-state index contributed by atoms with van der Waals surface area (Å²) >= 11 is 0. The van der Waals surface area contributed by atoms with Crippen LogP contribution in [-0.4, -0.2) is 50.4 Å². The fraction of sp³-hybridized carbons (Fsp3) is 0.417. The minimum Gasteiger partial charge on any atom is -0.484 e. The van der Waals surface area contributed by atoms with Gasteiger partial charge >= 0.3 is 12.3 Å². The summed E-state index contributed by atoms with van der Waals surface area (Å²) in [4.78, 5) is 23.7. The first-order chi connectivity index (χ1) is 17.3. The number of hydrogen-bond acceptors (Lipinski definition) is 6. The quantitative estimate of drug-likeness (QED) is 0.499. The van der Waals surface area contributed by atoms with Crippen LogP contribution in [0.3, 0.4) is 0 Å². The Bertz CT molecular complexity index is 1330. The Balaban J connectivity index is 2.02. The molecule has 0 aliphatic carbocycles. The number of halogens is 4. The van der Waals surface area contributed by atoms with E-state index in [2.05, 4.69) is 15.4 Å². The minimum absolute atomic E-state index is 0.0444. The highest BCUT2D eigenvalue weighted by atomic mass is 32.2. The summed E-state index contributed by atoms with van der Waals surface area (Å²) in [6, 6.07) is 7.91. The Hall–Kier alpha value is -3.55. The van der Waals surface area contributed by atoms with Gasteiger partial charge in [0.05, 0.1) is 22.7 Å². The fourth-order valence-corrected chi connectivity index (χ4v) is 5.10. The molecule has 0 bridgehead atoms. The molecular formula is C24H27F4N3O6S. The van der Waals surface area contributed by atoms with Gasteiger partial charge in [-0.3, -0.25) is 14.4 Å². The maximum Gasteiger partial charge on any atom is 0.427 e. The highest BCUT2D eigenvalue weighted by Crippen LogP contribution is 2.41. The van der Waals surface area contributed by atoms with E-state index in [1.807, 2.05) is 0 Å². The Kier molecular flexibility index (Phi) is 7.61. The second-order valence-corrected chi connectivity index (χ2v) is 11.6. The fourth-order valence-electron chi connectivity index (χ4n) is 3.63. The summed E-state index contributed by atoms with van der Waals surface area (Å²) in [6.07, 6.45) is -7.13. The summed E-state index contributed by atoms with van der Waals surface area (Å²) in [6.45, 7) is 5.64. The van der Waals surface area contributed by atoms with Crippen molar-refractivity contribution in [2.45, 2.75) is 62.9 Å². The minimum atomic E-state index is -4.83. The third-order valence-electron chi connectivity index (χ3n) is 5.81. The maximum absolute atomic E-state index is 13.6. The third-order valence-corrected chi connectivity index (χ3v) is 7.60. The lowest BCUT2D eigenvalue weighted by atomic mass is 9.95. The van der Waals surface area contributed by atoms with Gasteiger partial charge in [-0.1, -0.05) is 0 Å². The van der Waals surface area contributed by atoms with Crippen LogP contribution in [0.15, 0.2) is 47.4 Å². The van der Waals surface area contributed by atoms with E-state index < -0.39 is 45.4 Å². The second kappa shape index (κ2) is 9.97. The number of anilines is 2. The zero-order chi connectivity index (χ0) is 28.7. The number of rotatable bonds is 6. The topological polar surface area (TPSA) is 114 Å². The molecule has 0 saturated carbocycles. The summed E-state index contributed by atoms with van der Waals surface area (Å²) in [5.74, 6) is -0.972. The van der Waals surface area contributed by atoms with E-state index in [9.17, 15) is 35.6 Å². The molecule has 14 heteroatoms. The van der Waals surface area contributed by atoms with Crippen molar-refractivity contribution in [2.24, 2.45) is 0 Å². The van der Waals surface area contributed by atoms with Crippen LogP contribution < -0.4 is 19.7 Å². The highest BCUT2D eigenvalue weighted by Gasteiger charge is 2.51. The number of hydrogen-bond donors (Lipinski definition) is 2. The molecule has 9 nitrogen and oxygen atoms in total. The van der Waals surface area contributed by atoms with E-state index in [1.165, 1.54) is 25.1 Å². The van der Waals surface area contributed by atoms with Crippen LogP contribution in [0.2, 0.25) is 0 Å². The zero-order valence-electron chi connectivity index (χ0n) is 21.1. The Morgan fingerprint density at radius 2 is 1.66 bits per heavy atom. The van der Waals surface area contributed by atoms with E-state index in [4.69, 9.17) is 4.74 Å². The Morgan fingerprint density at radius 3 is 2.21 bits per heavy atom. The molecule has 2 N–H and O–H groups in total. The molecule has 3 rings (SSSR count). The lowest BCUT2D eigenvalue weighted by Gasteiger charge is -2.42. The summed E-state index contributed by atoms with van der Waals surface area (Å²) in [5.41, 5.74) is -3.94. The van der Waals surface area contributed by atoms with Crippen LogP contribution in [0.4, 0.5) is 33.7 Å². The van der Waals surface area contributed by atoms with Crippen molar-refractivity contribution in [1.82, 2.24) is 5.32 Å². The number of nitrogens with zero attached hydrogens (tertiary/aromatic N) is 1. The van der Waals surface area contributed by atoms with Crippen molar-refractivity contribution in [3.63, 3.8) is 0 Å². The van der Waals surface area contributed by atoms with Gasteiger partial charge < -0.3 is 14.8 Å². The smallest absolute Gasteiger partial charge is 0.427 e. The number of carbonyl (C=O) groups excluding carboxylic acids is 2. The van der Waals surface area contributed by atoms with Crippen molar-refractivity contribution in [2.75, 3.05) is 16.2 Å². The molecule has 1 aliphatic heterocycles. The number of fused-ring (bicyclic) bond motifs is 1. The predicted octanol–water partition coefficient (Wildman–Crippen LogP) is 4.59. The molecule has 0 spiro atoms. The van der Waals surface area contributed by atoms with Gasteiger partial charge in [-0.15, -0.1) is 0 Å². The van der Waals surface area contributed by atoms with Crippen LogP contribution in [-0.2, 0) is 19.6 Å². The molecular weight excluding hydrogens is 534 g/mol. The SMILES string of the molecule is CC(=O)NC(C)(C)C1CN(S(=O)(=O)c2ccc(F)cc2)c2cc(NC(=O)OC(C)(C)C(F)(F)F)ccc2O1. The van der Waals surface area contributed by atoms with Gasteiger partial charge in [-0.05, 0) is 70.2 Å². The van der Waals surface area contributed by atoms with Crippen molar-refractivity contribution >= 4 is 33.4 Å². The number of benzene rings is 2. The van der Waals surface area contributed by atoms with E-state index in [1.54, 1.807) is 13.8 Å². The number of nitrogens with one attached hydrogen (secondary N) is 2. The molecule has 1 unspecified atom stereocenters. The normalized spacial score (nSPS) is 16.2. The average molecular weight is 562 g/mol. The van der Waals surface area contributed by atoms with Gasteiger partial charge in [-0.2, -0.15) is 13.2 Å². The van der Waals surface area contributed by atoms with Gasteiger partial charge in [0.15, 0.2) is 0 Å². The van der Waals surface area contributed by atoms with Crippen molar-refractivity contribution in [3.8, 4) is 5.75 Å². The zero-order valence-corrected chi connectivity index (χ0v) is 22.0. The second-order valence-electron chi connectivity index (χ2n) is 9.70. The largest absolute Gasteiger partial charge is 0.484 e. The lowest BCUT2D eigenvalue weighted by molar-refractivity contribution is -0.242. The first-order valence-corrected chi connectivity index (χ1v) is 12.7. The molecule has 0 fully saturated rings. The molecule has 0 radical (unpaired) electrons. The average Bonchev–Trinajstić information content (AvgIpc) is 2.76. The molecule has 0 saturated heterocycles. The standard InChI is InChI=1S/C24H27F4N3O6S/c1-14(32)30-22(2,3)20-13-31(38(34,35)17-9-6-15(25)7-10-17)18-12-16(8-11-19(18)36-20)29-21(33)37-23(4,5)24(26,27)28/h6-12,20H,13H2,1-5H3,(H,29,33)(H,30,32). The van der Waals surface area contributed by atoms with Gasteiger partial charge in [0, 0.05) is 12.6 Å². The highest BCUT2D eigenvalue weighted by molar-refractivity contribution is 7.92. The van der Waals surface area contributed by atoms with Crippen LogP contribution >= 0.6 is 0 Å². The molecule has 2 aromatic rings. The van der Waals surface area contributed by atoms with Crippen LogP contribution in [0.1, 0.15) is 34.6 Å². The van der Waals surface area contributed by atoms with Crippen LogP contribution in [0.25, 0.3) is 0 Å². The molecule has 38 heavy (non-hydrogen) atoms. The molecule has 1 atom stereocenters. The predicted molar refractivity (Wildman–Crippen MR) is 130 cm³/mol. The van der Waals surface area contributed by atoms with E-state index in [-0.39, 0.29) is 34.5 Å². The summed E-state index contributed by atoms with van der Waals surface area (Å²) in [7, 11) is -4.33. The molecule has 2 amide bonds. The number of ether oxygens (including phenoxy) is 2. The third kappa shape index (κ3) is 6.11. The molecule has 208 valence electrons. The van der Waals surface area contributed by atoms with Gasteiger partial charge in [0.1, 0.15) is 17.7 Å². The van der Waals surface area contributed by atoms with Crippen LogP contribution in [0, 0.1) is 5.82 Å². The number of amides is 2. The number of sulfonamides is 1.